The molecule has 9 nitrogen and oxygen atoms in total. The van der Waals surface area contributed by atoms with Gasteiger partial charge in [-0.25, -0.2) is 14.6 Å². The molecule has 0 aliphatic heterocycles. The summed E-state index contributed by atoms with van der Waals surface area (Å²) in [5.74, 6) is -1.73. The molecule has 0 unspecified atom stereocenters. The molecule has 0 saturated carbocycles. The standard InChI is InChI=1S/C12H19N5O4/c1-12(2,10(13)20)5-15-11(21)17-8(9(18)19)3-7-4-14-6-16-7/h4,6,8H,3,5H2,1-2H3,(H2,13,20)(H,14,16)(H,18,19)(H2,15,17,21)/t8-/m0/s1. The van der Waals surface area contributed by atoms with Crippen LogP contribution in [0.4, 0.5) is 4.79 Å². The van der Waals surface area contributed by atoms with Crippen molar-refractivity contribution < 1.29 is 19.5 Å². The quantitative estimate of drug-likeness (QED) is 0.447. The average Bonchev–Trinajstić information content (AvgIpc) is 2.88. The third-order valence-corrected chi connectivity index (χ3v) is 2.94. The summed E-state index contributed by atoms with van der Waals surface area (Å²) in [4.78, 5) is 40.5. The van der Waals surface area contributed by atoms with Gasteiger partial charge in [0, 0.05) is 24.9 Å². The van der Waals surface area contributed by atoms with E-state index in [9.17, 15) is 14.4 Å². The highest BCUT2D eigenvalue weighted by Crippen LogP contribution is 2.11. The molecule has 1 heterocycles. The number of carboxylic acid groups (broad SMARTS) is 1. The molecular weight excluding hydrogens is 278 g/mol. The molecule has 1 aromatic heterocycles. The Hall–Kier alpha value is -2.58. The maximum Gasteiger partial charge on any atom is 0.326 e. The van der Waals surface area contributed by atoms with Gasteiger partial charge in [-0.15, -0.1) is 0 Å². The first kappa shape index (κ1) is 16.5. The van der Waals surface area contributed by atoms with Gasteiger partial charge in [0.25, 0.3) is 0 Å². The summed E-state index contributed by atoms with van der Waals surface area (Å²) in [6.45, 7) is 3.16. The molecule has 0 aliphatic carbocycles. The smallest absolute Gasteiger partial charge is 0.326 e. The Morgan fingerprint density at radius 3 is 2.62 bits per heavy atom. The number of aromatic nitrogens is 2. The first-order chi connectivity index (χ1) is 9.72. The van der Waals surface area contributed by atoms with Crippen molar-refractivity contribution in [3.63, 3.8) is 0 Å². The van der Waals surface area contributed by atoms with Gasteiger partial charge >= 0.3 is 12.0 Å². The van der Waals surface area contributed by atoms with Crippen LogP contribution in [0.2, 0.25) is 0 Å². The molecule has 21 heavy (non-hydrogen) atoms. The number of carboxylic acids is 1. The van der Waals surface area contributed by atoms with E-state index in [2.05, 4.69) is 20.6 Å². The SMILES string of the molecule is CC(C)(CNC(=O)N[C@@H](Cc1cnc[nH]1)C(=O)O)C(N)=O. The second kappa shape index (κ2) is 6.73. The summed E-state index contributed by atoms with van der Waals surface area (Å²) in [6.07, 6.45) is 2.97. The van der Waals surface area contributed by atoms with Crippen LogP contribution >= 0.6 is 0 Å². The van der Waals surface area contributed by atoms with Crippen molar-refractivity contribution in [2.24, 2.45) is 11.1 Å². The Morgan fingerprint density at radius 1 is 1.48 bits per heavy atom. The topological polar surface area (TPSA) is 150 Å². The molecule has 0 spiro atoms. The number of urea groups is 1. The maximum atomic E-state index is 11.7. The number of H-pyrrole nitrogens is 1. The molecule has 1 rings (SSSR count). The number of hydrogen-bond donors (Lipinski definition) is 5. The van der Waals surface area contributed by atoms with Crippen molar-refractivity contribution in [2.75, 3.05) is 6.54 Å². The van der Waals surface area contributed by atoms with Crippen molar-refractivity contribution in [1.82, 2.24) is 20.6 Å². The average molecular weight is 297 g/mol. The Labute approximate surface area is 121 Å². The van der Waals surface area contributed by atoms with Crippen LogP contribution in [0.5, 0.6) is 0 Å². The van der Waals surface area contributed by atoms with Gasteiger partial charge in [0.1, 0.15) is 6.04 Å². The molecular formula is C12H19N5O4. The van der Waals surface area contributed by atoms with Gasteiger partial charge in [0.05, 0.1) is 11.7 Å². The van der Waals surface area contributed by atoms with E-state index in [1.807, 2.05) is 0 Å². The first-order valence-electron chi connectivity index (χ1n) is 6.26. The molecule has 0 bridgehead atoms. The second-order valence-corrected chi connectivity index (χ2v) is 5.25. The number of nitrogens with zero attached hydrogens (tertiary/aromatic N) is 1. The molecule has 9 heteroatoms. The van der Waals surface area contributed by atoms with E-state index in [0.29, 0.717) is 5.69 Å². The molecule has 1 atom stereocenters. The molecule has 6 N–H and O–H groups in total. The summed E-state index contributed by atoms with van der Waals surface area (Å²) in [5, 5.41) is 13.8. The summed E-state index contributed by atoms with van der Waals surface area (Å²) in [6, 6.07) is -1.79. The summed E-state index contributed by atoms with van der Waals surface area (Å²) >= 11 is 0. The van der Waals surface area contributed by atoms with Crippen LogP contribution in [0.15, 0.2) is 12.5 Å². The van der Waals surface area contributed by atoms with Crippen LogP contribution < -0.4 is 16.4 Å². The van der Waals surface area contributed by atoms with Crippen LogP contribution in [0, 0.1) is 5.41 Å². The molecule has 0 aromatic carbocycles. The minimum Gasteiger partial charge on any atom is -0.480 e. The predicted molar refractivity (Wildman–Crippen MR) is 73.2 cm³/mol. The fourth-order valence-corrected chi connectivity index (χ4v) is 1.41. The van der Waals surface area contributed by atoms with Crippen LogP contribution in [0.3, 0.4) is 0 Å². The van der Waals surface area contributed by atoms with Gasteiger partial charge in [-0.05, 0) is 13.8 Å². The highest BCUT2D eigenvalue weighted by atomic mass is 16.4. The van der Waals surface area contributed by atoms with Crippen molar-refractivity contribution in [3.8, 4) is 0 Å². The van der Waals surface area contributed by atoms with Gasteiger partial charge in [-0.2, -0.15) is 0 Å². The lowest BCUT2D eigenvalue weighted by Crippen LogP contribution is -2.50. The molecule has 0 fully saturated rings. The van der Waals surface area contributed by atoms with Gasteiger partial charge in [-0.3, -0.25) is 4.79 Å². The van der Waals surface area contributed by atoms with Crippen LogP contribution in [-0.2, 0) is 16.0 Å². The molecule has 0 aliphatic rings. The van der Waals surface area contributed by atoms with Gasteiger partial charge < -0.3 is 26.5 Å². The molecule has 3 amide bonds. The normalized spacial score (nSPS) is 12.5. The van der Waals surface area contributed by atoms with Crippen LogP contribution in [0.25, 0.3) is 0 Å². The minimum atomic E-state index is -1.17. The summed E-state index contributed by atoms with van der Waals surface area (Å²) < 4.78 is 0. The van der Waals surface area contributed by atoms with E-state index in [4.69, 9.17) is 10.8 Å². The Kier molecular flexibility index (Phi) is 5.28. The Bertz CT molecular complexity index is 512. The van der Waals surface area contributed by atoms with E-state index in [1.165, 1.54) is 12.5 Å². The van der Waals surface area contributed by atoms with Crippen LogP contribution in [-0.4, -0.2) is 45.6 Å². The Balaban J connectivity index is 2.53. The predicted octanol–water partition coefficient (Wildman–Crippen LogP) is -0.784. The second-order valence-electron chi connectivity index (χ2n) is 5.25. The van der Waals surface area contributed by atoms with Gasteiger partial charge in [0.15, 0.2) is 0 Å². The fraction of sp³-hybridized carbons (Fsp3) is 0.500. The highest BCUT2D eigenvalue weighted by Gasteiger charge is 2.27. The van der Waals surface area contributed by atoms with E-state index in [1.54, 1.807) is 13.8 Å². The zero-order chi connectivity index (χ0) is 16.0. The van der Waals surface area contributed by atoms with Crippen molar-refractivity contribution in [3.05, 3.63) is 18.2 Å². The van der Waals surface area contributed by atoms with E-state index in [0.717, 1.165) is 0 Å². The van der Waals surface area contributed by atoms with E-state index < -0.39 is 29.4 Å². The Morgan fingerprint density at radius 2 is 2.14 bits per heavy atom. The third-order valence-electron chi connectivity index (χ3n) is 2.94. The molecule has 0 saturated heterocycles. The maximum absolute atomic E-state index is 11.7. The lowest BCUT2D eigenvalue weighted by Gasteiger charge is -2.22. The first-order valence-corrected chi connectivity index (χ1v) is 6.26. The van der Waals surface area contributed by atoms with Crippen molar-refractivity contribution in [2.45, 2.75) is 26.3 Å². The van der Waals surface area contributed by atoms with Gasteiger partial charge in [-0.1, -0.05) is 0 Å². The number of amides is 3. The van der Waals surface area contributed by atoms with Gasteiger partial charge in [0.2, 0.25) is 5.91 Å². The lowest BCUT2D eigenvalue weighted by molar-refractivity contribution is -0.139. The lowest BCUT2D eigenvalue weighted by atomic mass is 9.93. The number of aromatic amines is 1. The highest BCUT2D eigenvalue weighted by molar-refractivity contribution is 5.84. The number of carbonyl (C=O) groups is 3. The largest absolute Gasteiger partial charge is 0.480 e. The van der Waals surface area contributed by atoms with Crippen molar-refractivity contribution >= 4 is 17.9 Å². The van der Waals surface area contributed by atoms with E-state index >= 15 is 0 Å². The van der Waals surface area contributed by atoms with E-state index in [-0.39, 0.29) is 13.0 Å². The van der Waals surface area contributed by atoms with Crippen molar-refractivity contribution in [1.29, 1.82) is 0 Å². The molecule has 116 valence electrons. The minimum absolute atomic E-state index is 0.00453. The zero-order valence-corrected chi connectivity index (χ0v) is 11.8. The molecule has 0 radical (unpaired) electrons. The number of rotatable bonds is 7. The summed E-state index contributed by atoms with van der Waals surface area (Å²) in [5.41, 5.74) is 4.85. The number of nitrogens with one attached hydrogen (secondary N) is 3. The third kappa shape index (κ3) is 5.13. The number of imidazole rings is 1. The summed E-state index contributed by atoms with van der Waals surface area (Å²) in [7, 11) is 0. The fourth-order valence-electron chi connectivity index (χ4n) is 1.41. The zero-order valence-electron chi connectivity index (χ0n) is 11.8. The number of hydrogen-bond acceptors (Lipinski definition) is 4. The monoisotopic (exact) mass is 297 g/mol. The number of primary amides is 1. The molecule has 1 aromatic rings. The van der Waals surface area contributed by atoms with Crippen LogP contribution in [0.1, 0.15) is 19.5 Å². The number of nitrogens with two attached hydrogens (primary N) is 1. The number of aliphatic carboxylic acids is 1. The number of carbonyl (C=O) groups excluding carboxylic acids is 2.